The van der Waals surface area contributed by atoms with Crippen LogP contribution in [-0.2, 0) is 20.4 Å². The average molecular weight is 675 g/mol. The van der Waals surface area contributed by atoms with Gasteiger partial charge in [-0.15, -0.1) is 0 Å². The number of aromatic hydroxyl groups is 2. The minimum Gasteiger partial charge on any atom is -0.505 e. The highest BCUT2D eigenvalue weighted by molar-refractivity contribution is 8.12. The number of esters is 1. The Labute approximate surface area is 270 Å². The van der Waals surface area contributed by atoms with Crippen LogP contribution in [0.15, 0.2) is 37.9 Å². The first kappa shape index (κ1) is 39.2. The maximum Gasteiger partial charge on any atom is 0.419 e. The molecule has 7 N–H and O–H groups in total. The van der Waals surface area contributed by atoms with Crippen LogP contribution in [-0.4, -0.2) is 57.6 Å². The lowest BCUT2D eigenvalue weighted by atomic mass is 9.88. The maximum absolute atomic E-state index is 10.9. The zero-order valence-corrected chi connectivity index (χ0v) is 29.4. The van der Waals surface area contributed by atoms with Gasteiger partial charge in [0.15, 0.2) is 17.6 Å². The Hall–Kier alpha value is -3.79. The molecule has 0 aromatic carbocycles. The number of nitrogens with one attached hydrogen (secondary N) is 3. The van der Waals surface area contributed by atoms with Gasteiger partial charge in [-0.05, 0) is 20.8 Å². The van der Waals surface area contributed by atoms with Crippen molar-refractivity contribution in [2.75, 3.05) is 0 Å². The predicted molar refractivity (Wildman–Crippen MR) is 173 cm³/mol. The molecule has 4 heterocycles. The molecule has 0 bridgehead atoms. The lowest BCUT2D eigenvalue weighted by Crippen LogP contribution is -2.34. The van der Waals surface area contributed by atoms with Gasteiger partial charge in [-0.3, -0.25) is 23.9 Å². The SMILES string of the molecule is C=C1NC(=O)SN1C(C)(C)C.CC(C)(C)C1OC(=O)C(O)=C1O.CC(C)(C)c1oc(=O)[nH]c1O.CC(C)(C)c1sc(=O)[nH]c1O. The average Bonchev–Trinajstić information content (AvgIpc) is 3.55. The van der Waals surface area contributed by atoms with E-state index in [1.165, 1.54) is 0 Å². The quantitative estimate of drug-likeness (QED) is 0.134. The van der Waals surface area contributed by atoms with Gasteiger partial charge < -0.3 is 34.9 Å². The summed E-state index contributed by atoms with van der Waals surface area (Å²) in [6, 6.07) is 0. The number of aromatic amines is 2. The first-order valence-corrected chi connectivity index (χ1v) is 15.3. The lowest BCUT2D eigenvalue weighted by molar-refractivity contribution is -0.146. The van der Waals surface area contributed by atoms with Crippen molar-refractivity contribution in [2.24, 2.45) is 5.41 Å². The molecule has 1 atom stereocenters. The zero-order chi connectivity index (χ0) is 35.5. The van der Waals surface area contributed by atoms with Crippen LogP contribution >= 0.6 is 23.3 Å². The van der Waals surface area contributed by atoms with Crippen LogP contribution in [0.1, 0.15) is 93.7 Å². The number of thiazole rings is 1. The van der Waals surface area contributed by atoms with E-state index in [4.69, 9.17) is 19.4 Å². The van der Waals surface area contributed by atoms with Gasteiger partial charge in [0.25, 0.3) is 0 Å². The first-order valence-electron chi connectivity index (χ1n) is 13.7. The van der Waals surface area contributed by atoms with Crippen LogP contribution in [0.2, 0.25) is 0 Å². The number of cyclic esters (lactones) is 1. The summed E-state index contributed by atoms with van der Waals surface area (Å²) in [5.74, 6) is -1.72. The van der Waals surface area contributed by atoms with Crippen molar-refractivity contribution in [3.8, 4) is 11.8 Å². The first-order chi connectivity index (χ1) is 20.1. The number of nitrogens with zero attached hydrogens (tertiary/aromatic N) is 1. The van der Waals surface area contributed by atoms with E-state index in [9.17, 15) is 29.4 Å². The molecule has 0 spiro atoms. The van der Waals surface area contributed by atoms with E-state index in [0.29, 0.717) is 16.5 Å². The Kier molecular flexibility index (Phi) is 12.3. The van der Waals surface area contributed by atoms with Gasteiger partial charge in [0.1, 0.15) is 5.82 Å². The molecular weight excluding hydrogens is 628 g/mol. The van der Waals surface area contributed by atoms with Crippen LogP contribution in [0, 0.1) is 5.41 Å². The third-order valence-corrected chi connectivity index (χ3v) is 8.11. The molecule has 0 saturated carbocycles. The van der Waals surface area contributed by atoms with E-state index in [2.05, 4.69) is 21.9 Å². The van der Waals surface area contributed by atoms with E-state index in [1.54, 1.807) is 20.8 Å². The number of H-pyrrole nitrogens is 2. The summed E-state index contributed by atoms with van der Waals surface area (Å²) in [5, 5.41) is 39.1. The molecule has 2 aromatic rings. The van der Waals surface area contributed by atoms with Crippen molar-refractivity contribution in [3.63, 3.8) is 0 Å². The number of hydrogen-bond acceptors (Lipinski definition) is 13. The van der Waals surface area contributed by atoms with E-state index >= 15 is 0 Å². The van der Waals surface area contributed by atoms with Gasteiger partial charge in [0, 0.05) is 21.8 Å². The molecule has 16 heteroatoms. The second-order valence-corrected chi connectivity index (χ2v) is 16.1. The van der Waals surface area contributed by atoms with E-state index in [-0.39, 0.29) is 44.0 Å². The van der Waals surface area contributed by atoms with Gasteiger partial charge in [-0.2, -0.15) is 0 Å². The van der Waals surface area contributed by atoms with Gasteiger partial charge in [0.2, 0.25) is 17.5 Å². The van der Waals surface area contributed by atoms with E-state index < -0.39 is 29.0 Å². The second-order valence-electron chi connectivity index (χ2n) is 14.2. The number of amides is 1. The van der Waals surface area contributed by atoms with Crippen molar-refractivity contribution in [1.82, 2.24) is 19.6 Å². The molecule has 14 nitrogen and oxygen atoms in total. The summed E-state index contributed by atoms with van der Waals surface area (Å²) in [7, 11) is 0. The molecule has 0 radical (unpaired) electrons. The standard InChI is InChI=1S/C8H12O4.C7H12N2OS.C7H11NO3.C7H11NO2S/c1-8(2,3)6-4(9)5(10)7(11)12-6;1-5-8-6(10)11-9(5)7(2,3)4;2*1-7(2,3)4-5(9)8-6(10)11-4/h6,9-10H,1-3H3;1H2,2-4H3,(H,8,10);2*9H,1-3H3,(H,8,10). The van der Waals surface area contributed by atoms with Crippen molar-refractivity contribution in [3.05, 3.63) is 54.8 Å². The Bertz CT molecular complexity index is 1460. The minimum absolute atomic E-state index is 0.00694. The number of rotatable bonds is 0. The Morgan fingerprint density at radius 2 is 1.33 bits per heavy atom. The predicted octanol–water partition coefficient (Wildman–Crippen LogP) is 5.63. The Morgan fingerprint density at radius 3 is 1.51 bits per heavy atom. The van der Waals surface area contributed by atoms with Crippen LogP contribution in [0.3, 0.4) is 0 Å². The van der Waals surface area contributed by atoms with Crippen LogP contribution < -0.4 is 15.9 Å². The van der Waals surface area contributed by atoms with Crippen molar-refractivity contribution in [2.45, 2.75) is 106 Å². The number of aliphatic hydroxyl groups excluding tert-OH is 2. The highest BCUT2D eigenvalue weighted by atomic mass is 32.2. The van der Waals surface area contributed by atoms with Crippen molar-refractivity contribution in [1.29, 1.82) is 0 Å². The number of hydrogen-bond donors (Lipinski definition) is 7. The lowest BCUT2D eigenvalue weighted by Gasteiger charge is -2.30. The van der Waals surface area contributed by atoms with Gasteiger partial charge in [0.05, 0.1) is 16.8 Å². The third-order valence-electron chi connectivity index (χ3n) is 5.59. The molecule has 2 aromatic heterocycles. The summed E-state index contributed by atoms with van der Waals surface area (Å²) in [6.45, 7) is 26.6. The monoisotopic (exact) mass is 674 g/mol. The molecule has 4 rings (SSSR count). The van der Waals surface area contributed by atoms with Gasteiger partial charge in [-0.25, -0.2) is 9.59 Å². The zero-order valence-electron chi connectivity index (χ0n) is 27.8. The Balaban J connectivity index is 0.000000300. The number of aromatic nitrogens is 2. The van der Waals surface area contributed by atoms with Gasteiger partial charge >= 0.3 is 21.8 Å². The molecule has 2 aliphatic rings. The third kappa shape index (κ3) is 11.3. The fourth-order valence-corrected chi connectivity index (χ4v) is 5.11. The molecule has 45 heavy (non-hydrogen) atoms. The molecule has 2 aliphatic heterocycles. The van der Waals surface area contributed by atoms with Crippen LogP contribution in [0.25, 0.3) is 0 Å². The van der Waals surface area contributed by atoms with Crippen molar-refractivity contribution >= 4 is 34.5 Å². The number of carbonyl (C=O) groups is 2. The summed E-state index contributed by atoms with van der Waals surface area (Å²) in [6.07, 6.45) is -0.731. The topological polar surface area (TPSA) is 218 Å². The minimum atomic E-state index is -0.854. The van der Waals surface area contributed by atoms with Gasteiger partial charge in [-0.1, -0.05) is 80.2 Å². The fraction of sp³-hybridized carbons (Fsp3) is 0.586. The van der Waals surface area contributed by atoms with Crippen molar-refractivity contribution < 1.29 is 39.2 Å². The smallest absolute Gasteiger partial charge is 0.419 e. The molecule has 254 valence electrons. The fourth-order valence-electron chi connectivity index (χ4n) is 3.56. The maximum atomic E-state index is 10.9. The summed E-state index contributed by atoms with van der Waals surface area (Å²) in [5.41, 5.74) is -0.956. The number of carbonyl (C=O) groups excluding carboxylic acids is 2. The molecule has 1 amide bonds. The molecule has 0 aliphatic carbocycles. The highest BCUT2D eigenvalue weighted by Crippen LogP contribution is 2.34. The van der Waals surface area contributed by atoms with E-state index in [1.807, 2.05) is 66.6 Å². The number of aliphatic hydroxyl groups is 2. The summed E-state index contributed by atoms with van der Waals surface area (Å²) < 4.78 is 11.3. The Morgan fingerprint density at radius 1 is 0.800 bits per heavy atom. The summed E-state index contributed by atoms with van der Waals surface area (Å²) >= 11 is 2.22. The normalized spacial score (nSPS) is 17.0. The van der Waals surface area contributed by atoms with E-state index in [0.717, 1.165) is 23.3 Å². The largest absolute Gasteiger partial charge is 0.505 e. The molecule has 1 saturated heterocycles. The molecule has 1 unspecified atom stereocenters. The second kappa shape index (κ2) is 14.1. The summed E-state index contributed by atoms with van der Waals surface area (Å²) in [4.78, 5) is 47.9. The van der Waals surface area contributed by atoms with Crippen LogP contribution in [0.4, 0.5) is 4.79 Å². The highest BCUT2D eigenvalue weighted by Gasteiger charge is 2.41. The number of oxazole rings is 1. The van der Waals surface area contributed by atoms with Crippen LogP contribution in [0.5, 0.6) is 11.8 Å². The number of ether oxygens (including phenoxy) is 1. The molecular formula is C29H46N4O10S2. The molecule has 1 fully saturated rings.